The molecule has 0 saturated carbocycles. The molecule has 0 aliphatic carbocycles. The van der Waals surface area contributed by atoms with Gasteiger partial charge in [-0.15, -0.1) is 0 Å². The highest BCUT2D eigenvalue weighted by Gasteiger charge is 2.39. The van der Waals surface area contributed by atoms with Gasteiger partial charge in [0, 0.05) is 57.9 Å². The van der Waals surface area contributed by atoms with Gasteiger partial charge in [0.2, 0.25) is 6.41 Å². The Labute approximate surface area is 172 Å². The van der Waals surface area contributed by atoms with Crippen LogP contribution in [0.3, 0.4) is 0 Å². The third kappa shape index (κ3) is 4.40. The van der Waals surface area contributed by atoms with Crippen LogP contribution < -0.4 is 9.64 Å². The van der Waals surface area contributed by atoms with Crippen LogP contribution in [0.25, 0.3) is 0 Å². The number of hydrogen-bond acceptors (Lipinski definition) is 6. The molecule has 6 nitrogen and oxygen atoms in total. The lowest BCUT2D eigenvalue weighted by atomic mass is 9.83. The van der Waals surface area contributed by atoms with E-state index in [1.165, 1.54) is 24.2 Å². The number of nitrogens with zero attached hydrogens (tertiary/aromatic N) is 4. The monoisotopic (exact) mass is 404 g/mol. The van der Waals surface area contributed by atoms with Crippen LogP contribution in [0.15, 0.2) is 12.3 Å². The van der Waals surface area contributed by atoms with Crippen molar-refractivity contribution in [3.8, 4) is 5.75 Å². The Kier molecular flexibility index (Phi) is 6.31. The van der Waals surface area contributed by atoms with E-state index >= 15 is 0 Å². The maximum absolute atomic E-state index is 11.0. The molecule has 1 spiro atoms. The van der Waals surface area contributed by atoms with Crippen molar-refractivity contribution < 1.29 is 9.53 Å². The van der Waals surface area contributed by atoms with Gasteiger partial charge in [-0.25, -0.2) is 9.29 Å². The van der Waals surface area contributed by atoms with Crippen molar-refractivity contribution in [2.75, 3.05) is 49.9 Å². The third-order valence-corrected chi connectivity index (χ3v) is 7.50. The van der Waals surface area contributed by atoms with E-state index in [0.717, 1.165) is 82.9 Å². The molecule has 0 radical (unpaired) electrons. The number of aryl methyl sites for hydroxylation is 1. The highest BCUT2D eigenvalue weighted by atomic mass is 32.2. The summed E-state index contributed by atoms with van der Waals surface area (Å²) in [6, 6.07) is 2.24. The number of amides is 1. The summed E-state index contributed by atoms with van der Waals surface area (Å²) in [4.78, 5) is 20.0. The van der Waals surface area contributed by atoms with Crippen LogP contribution in [-0.4, -0.2) is 71.2 Å². The van der Waals surface area contributed by atoms with Crippen molar-refractivity contribution in [3.63, 3.8) is 0 Å². The van der Waals surface area contributed by atoms with Crippen molar-refractivity contribution in [3.05, 3.63) is 17.8 Å². The van der Waals surface area contributed by atoms with E-state index in [1.54, 1.807) is 0 Å². The fourth-order valence-electron chi connectivity index (χ4n) is 4.35. The first-order valence-corrected chi connectivity index (χ1v) is 11.7. The number of rotatable bonds is 6. The zero-order chi connectivity index (χ0) is 19.4. The molecule has 0 aromatic carbocycles. The van der Waals surface area contributed by atoms with E-state index in [4.69, 9.17) is 9.72 Å². The predicted octanol–water partition coefficient (Wildman–Crippen LogP) is 2.97. The Morgan fingerprint density at radius 1 is 1.18 bits per heavy atom. The largest absolute Gasteiger partial charge is 0.485 e. The lowest BCUT2D eigenvalue weighted by Crippen LogP contribution is -2.49. The fraction of sp³-hybridized carbons (Fsp3) is 0.714. The summed E-state index contributed by atoms with van der Waals surface area (Å²) < 4.78 is 8.94. The van der Waals surface area contributed by atoms with Crippen LogP contribution in [0.1, 0.15) is 44.6 Å². The average Bonchev–Trinajstić information content (AvgIpc) is 2.75. The van der Waals surface area contributed by atoms with Crippen molar-refractivity contribution in [1.29, 1.82) is 0 Å². The Morgan fingerprint density at radius 3 is 2.68 bits per heavy atom. The Balaban J connectivity index is 1.34. The smallest absolute Gasteiger partial charge is 0.209 e. The molecule has 28 heavy (non-hydrogen) atoms. The number of fused-ring (bicyclic) bond motifs is 1. The molecule has 4 heterocycles. The Hall–Kier alpha value is -1.47. The van der Waals surface area contributed by atoms with Crippen molar-refractivity contribution in [1.82, 2.24) is 14.2 Å². The quantitative estimate of drug-likeness (QED) is 0.413. The van der Waals surface area contributed by atoms with Crippen LogP contribution in [0.2, 0.25) is 0 Å². The minimum absolute atomic E-state index is 0.100. The molecule has 3 aliphatic heterocycles. The van der Waals surface area contributed by atoms with Gasteiger partial charge in [0.05, 0.1) is 6.20 Å². The van der Waals surface area contributed by atoms with Gasteiger partial charge in [0.15, 0.2) is 0 Å². The molecular weight excluding hydrogens is 372 g/mol. The van der Waals surface area contributed by atoms with Gasteiger partial charge in [0.25, 0.3) is 0 Å². The summed E-state index contributed by atoms with van der Waals surface area (Å²) in [5.41, 5.74) is 1.19. The standard InChI is InChI=1S/C21H32N4O2S/c1-2-3-14-28-25-12-10-24(11-13-25)20-15-18-4-5-21(27-19(18)16-22-20)6-8-23(17-26)9-7-21/h15-17H,2-14H2,1H3. The number of ether oxygens (including phenoxy) is 1. The van der Waals surface area contributed by atoms with E-state index in [2.05, 4.69) is 22.2 Å². The average molecular weight is 405 g/mol. The van der Waals surface area contributed by atoms with Crippen molar-refractivity contribution >= 4 is 24.2 Å². The first kappa shape index (κ1) is 19.8. The lowest BCUT2D eigenvalue weighted by molar-refractivity contribution is -0.121. The zero-order valence-corrected chi connectivity index (χ0v) is 17.8. The van der Waals surface area contributed by atoms with E-state index < -0.39 is 0 Å². The minimum Gasteiger partial charge on any atom is -0.485 e. The van der Waals surface area contributed by atoms with Gasteiger partial charge in [-0.2, -0.15) is 0 Å². The first-order valence-electron chi connectivity index (χ1n) is 10.7. The molecule has 0 atom stereocenters. The molecule has 3 aliphatic rings. The summed E-state index contributed by atoms with van der Waals surface area (Å²) in [6.07, 6.45) is 9.38. The molecule has 4 rings (SSSR count). The van der Waals surface area contributed by atoms with Crippen molar-refractivity contribution in [2.24, 2.45) is 0 Å². The second kappa shape index (κ2) is 8.91. The second-order valence-corrected chi connectivity index (χ2v) is 9.36. The van der Waals surface area contributed by atoms with E-state index in [1.807, 2.05) is 23.0 Å². The van der Waals surface area contributed by atoms with Crippen LogP contribution in [0.5, 0.6) is 5.75 Å². The molecule has 1 aromatic rings. The van der Waals surface area contributed by atoms with Crippen LogP contribution in [0, 0.1) is 0 Å². The van der Waals surface area contributed by atoms with E-state index in [0.29, 0.717) is 0 Å². The second-order valence-electron chi connectivity index (χ2n) is 8.18. The molecule has 0 bridgehead atoms. The number of anilines is 1. The number of pyridine rings is 1. The van der Waals surface area contributed by atoms with Gasteiger partial charge in [-0.1, -0.05) is 25.3 Å². The SMILES string of the molecule is CCCCSN1CCN(c2cc3c(cn2)OC2(CC3)CCN(C=O)CC2)CC1. The van der Waals surface area contributed by atoms with Gasteiger partial charge >= 0.3 is 0 Å². The highest BCUT2D eigenvalue weighted by Crippen LogP contribution is 2.39. The molecule has 2 fully saturated rings. The predicted molar refractivity (Wildman–Crippen MR) is 114 cm³/mol. The van der Waals surface area contributed by atoms with Crippen molar-refractivity contribution in [2.45, 2.75) is 51.0 Å². The van der Waals surface area contributed by atoms with Gasteiger partial charge in [-0.05, 0) is 30.9 Å². The summed E-state index contributed by atoms with van der Waals surface area (Å²) in [6.45, 7) is 8.12. The third-order valence-electron chi connectivity index (χ3n) is 6.30. The number of carbonyl (C=O) groups excluding carboxylic acids is 1. The van der Waals surface area contributed by atoms with Gasteiger partial charge in [-0.3, -0.25) is 4.79 Å². The maximum atomic E-state index is 11.0. The molecule has 154 valence electrons. The molecule has 0 unspecified atom stereocenters. The fourth-order valence-corrected chi connectivity index (χ4v) is 5.45. The first-order chi connectivity index (χ1) is 13.7. The summed E-state index contributed by atoms with van der Waals surface area (Å²) in [7, 11) is 0. The molecule has 7 heteroatoms. The number of hydrogen-bond donors (Lipinski definition) is 0. The maximum Gasteiger partial charge on any atom is 0.209 e. The van der Waals surface area contributed by atoms with E-state index in [9.17, 15) is 4.79 Å². The van der Waals surface area contributed by atoms with E-state index in [-0.39, 0.29) is 5.60 Å². The van der Waals surface area contributed by atoms with Gasteiger partial charge < -0.3 is 14.5 Å². The van der Waals surface area contributed by atoms with Gasteiger partial charge in [0.1, 0.15) is 17.2 Å². The Morgan fingerprint density at radius 2 is 1.96 bits per heavy atom. The molecule has 0 N–H and O–H groups in total. The number of likely N-dealkylation sites (tertiary alicyclic amines) is 1. The lowest BCUT2D eigenvalue weighted by Gasteiger charge is -2.44. The molecule has 1 aromatic heterocycles. The summed E-state index contributed by atoms with van der Waals surface area (Å²) in [5, 5.41) is 0. The Bertz CT molecular complexity index is 670. The van der Waals surface area contributed by atoms with Crippen LogP contribution in [0.4, 0.5) is 5.82 Å². The number of piperidine rings is 1. The highest BCUT2D eigenvalue weighted by molar-refractivity contribution is 7.97. The normalized spacial score (nSPS) is 22.0. The molecule has 1 amide bonds. The summed E-state index contributed by atoms with van der Waals surface area (Å²) >= 11 is 2.00. The number of piperazine rings is 1. The minimum atomic E-state index is -0.100. The number of aromatic nitrogens is 1. The van der Waals surface area contributed by atoms with Crippen LogP contribution in [-0.2, 0) is 11.2 Å². The number of carbonyl (C=O) groups is 1. The topological polar surface area (TPSA) is 48.9 Å². The molecule has 2 saturated heterocycles. The molecular formula is C21H32N4O2S. The number of unbranched alkanes of at least 4 members (excludes halogenated alkanes) is 1. The van der Waals surface area contributed by atoms with Crippen LogP contribution >= 0.6 is 11.9 Å². The summed E-state index contributed by atoms with van der Waals surface area (Å²) in [5.74, 6) is 3.27. The zero-order valence-electron chi connectivity index (χ0n) is 16.9.